The maximum absolute atomic E-state index is 13.7. The highest BCUT2D eigenvalue weighted by Gasteiger charge is 2.33. The molecule has 0 bridgehead atoms. The summed E-state index contributed by atoms with van der Waals surface area (Å²) in [4.78, 5) is 16.5. The lowest BCUT2D eigenvalue weighted by Gasteiger charge is -2.10. The molecule has 0 aliphatic heterocycles. The minimum Gasteiger partial charge on any atom is -0.309 e. The maximum Gasteiger partial charge on any atom is 0.432 e. The van der Waals surface area contributed by atoms with Crippen molar-refractivity contribution in [1.29, 1.82) is 0 Å². The molecule has 32 heavy (non-hydrogen) atoms. The molecular weight excluding hydrogens is 480 g/mol. The Hall–Kier alpha value is -3.18. The first-order valence-electron chi connectivity index (χ1n) is 8.67. The molecule has 1 aromatic heterocycles. The lowest BCUT2D eigenvalue weighted by molar-refractivity contribution is -0.141. The minimum absolute atomic E-state index is 0.121. The normalized spacial score (nSPS) is 12.0. The largest absolute Gasteiger partial charge is 0.432 e. The highest BCUT2D eigenvalue weighted by atomic mass is 35.5. The molecule has 13 heteroatoms. The number of aliphatic imine (C=N–C) groups is 1. The van der Waals surface area contributed by atoms with Crippen molar-refractivity contribution in [3.8, 4) is 0 Å². The summed E-state index contributed by atoms with van der Waals surface area (Å²) in [6.07, 6.45) is -4.67. The maximum atomic E-state index is 13.7. The van der Waals surface area contributed by atoms with Crippen molar-refractivity contribution < 1.29 is 26.7 Å². The van der Waals surface area contributed by atoms with Gasteiger partial charge in [0.05, 0.1) is 16.6 Å². The molecule has 1 amide bonds. The van der Waals surface area contributed by atoms with Crippen molar-refractivity contribution in [1.82, 2.24) is 15.5 Å². The van der Waals surface area contributed by atoms with Gasteiger partial charge in [0.25, 0.3) is 5.91 Å². The molecule has 0 fully saturated rings. The highest BCUT2D eigenvalue weighted by Crippen LogP contribution is 2.28. The van der Waals surface area contributed by atoms with E-state index in [1.807, 2.05) is 5.10 Å². The smallest absolute Gasteiger partial charge is 0.309 e. The number of carbonyl (C=O) groups is 1. The summed E-state index contributed by atoms with van der Waals surface area (Å²) in [6, 6.07) is 7.75. The highest BCUT2D eigenvalue weighted by molar-refractivity contribution is 6.31. The number of benzene rings is 2. The quantitative estimate of drug-likeness (QED) is 0.259. The van der Waals surface area contributed by atoms with Gasteiger partial charge in [-0.15, -0.1) is 0 Å². The number of guanidine groups is 1. The van der Waals surface area contributed by atoms with Crippen LogP contribution in [0, 0.1) is 11.6 Å². The third-order valence-electron chi connectivity index (χ3n) is 3.95. The molecule has 1 heterocycles. The second-order valence-electron chi connectivity index (χ2n) is 6.29. The number of hydrogen-bond donors (Lipinski definition) is 3. The van der Waals surface area contributed by atoms with Crippen LogP contribution in [0.4, 0.5) is 27.8 Å². The van der Waals surface area contributed by atoms with Gasteiger partial charge in [-0.2, -0.15) is 18.3 Å². The van der Waals surface area contributed by atoms with Gasteiger partial charge in [-0.3, -0.25) is 15.2 Å². The topological polar surface area (TPSA) is 82.2 Å². The summed E-state index contributed by atoms with van der Waals surface area (Å²) >= 11 is 11.3. The lowest BCUT2D eigenvalue weighted by atomic mass is 10.2. The second-order valence-corrected chi connectivity index (χ2v) is 7.10. The fourth-order valence-corrected chi connectivity index (χ4v) is 2.71. The van der Waals surface area contributed by atoms with E-state index >= 15 is 0 Å². The van der Waals surface area contributed by atoms with Gasteiger partial charge in [-0.25, -0.2) is 13.8 Å². The average molecular weight is 492 g/mol. The number of halogens is 7. The first-order valence-corrected chi connectivity index (χ1v) is 9.43. The molecule has 0 aliphatic carbocycles. The Morgan fingerprint density at radius 2 is 1.78 bits per heavy atom. The average Bonchev–Trinajstić information content (AvgIpc) is 3.19. The number of carbonyl (C=O) groups excluding carboxylic acids is 1. The van der Waals surface area contributed by atoms with Gasteiger partial charge in [0.2, 0.25) is 5.96 Å². The number of aromatic amines is 1. The SMILES string of the molecule is O=C(NC(=NCc1ccc(F)c(Cl)c1)Nc1cc(C(F)(F)F)[nH]n1)c1ccc(Cl)c(F)c1. The Morgan fingerprint density at radius 3 is 2.41 bits per heavy atom. The van der Waals surface area contributed by atoms with E-state index in [1.165, 1.54) is 24.3 Å². The number of alkyl halides is 3. The molecule has 3 N–H and O–H groups in total. The van der Waals surface area contributed by atoms with Gasteiger partial charge >= 0.3 is 6.18 Å². The summed E-state index contributed by atoms with van der Waals surface area (Å²) in [6.45, 7) is -0.131. The van der Waals surface area contributed by atoms with Crippen molar-refractivity contribution in [2.45, 2.75) is 12.7 Å². The van der Waals surface area contributed by atoms with Crippen molar-refractivity contribution in [3.63, 3.8) is 0 Å². The summed E-state index contributed by atoms with van der Waals surface area (Å²) in [5.74, 6) is -2.90. The fourth-order valence-electron chi connectivity index (χ4n) is 2.39. The van der Waals surface area contributed by atoms with E-state index in [1.54, 1.807) is 0 Å². The molecule has 0 atom stereocenters. The van der Waals surface area contributed by atoms with Gasteiger partial charge < -0.3 is 5.32 Å². The molecule has 168 valence electrons. The Bertz CT molecular complexity index is 1180. The van der Waals surface area contributed by atoms with Crippen molar-refractivity contribution in [2.75, 3.05) is 5.32 Å². The summed E-state index contributed by atoms with van der Waals surface area (Å²) in [5.41, 5.74) is -0.805. The number of anilines is 1. The summed E-state index contributed by atoms with van der Waals surface area (Å²) in [7, 11) is 0. The Balaban J connectivity index is 1.85. The van der Waals surface area contributed by atoms with Crippen molar-refractivity contribution >= 4 is 40.9 Å². The van der Waals surface area contributed by atoms with E-state index in [0.29, 0.717) is 11.6 Å². The Morgan fingerprint density at radius 1 is 1.03 bits per heavy atom. The molecule has 0 aliphatic rings. The number of rotatable bonds is 4. The summed E-state index contributed by atoms with van der Waals surface area (Å²) in [5, 5.41) is 9.69. The third kappa shape index (κ3) is 5.95. The monoisotopic (exact) mass is 491 g/mol. The molecule has 0 saturated carbocycles. The zero-order valence-electron chi connectivity index (χ0n) is 15.7. The Kier molecular flexibility index (Phi) is 6.99. The van der Waals surface area contributed by atoms with Crippen LogP contribution in [0.2, 0.25) is 10.0 Å². The van der Waals surface area contributed by atoms with Crippen LogP contribution in [0.25, 0.3) is 0 Å². The van der Waals surface area contributed by atoms with E-state index in [2.05, 4.69) is 20.7 Å². The number of hydrogen-bond acceptors (Lipinski definition) is 3. The van der Waals surface area contributed by atoms with Gasteiger partial charge in [0.15, 0.2) is 5.82 Å². The summed E-state index contributed by atoms with van der Waals surface area (Å²) < 4.78 is 65.4. The molecule has 0 unspecified atom stereocenters. The molecule has 6 nitrogen and oxygen atoms in total. The van der Waals surface area contributed by atoms with Gasteiger partial charge in [0.1, 0.15) is 17.3 Å². The van der Waals surface area contributed by atoms with Crippen LogP contribution in [-0.2, 0) is 12.7 Å². The number of amides is 1. The minimum atomic E-state index is -4.67. The van der Waals surface area contributed by atoms with Crippen LogP contribution in [0.5, 0.6) is 0 Å². The molecule has 0 radical (unpaired) electrons. The third-order valence-corrected chi connectivity index (χ3v) is 4.54. The number of nitrogens with one attached hydrogen (secondary N) is 3. The molecule has 0 spiro atoms. The number of H-pyrrole nitrogens is 1. The number of aromatic nitrogens is 2. The first kappa shape index (κ1) is 23.5. The molecule has 0 saturated heterocycles. The van der Waals surface area contributed by atoms with Crippen LogP contribution >= 0.6 is 23.2 Å². The van der Waals surface area contributed by atoms with Crippen LogP contribution in [0.15, 0.2) is 47.5 Å². The van der Waals surface area contributed by atoms with Crippen LogP contribution in [-0.4, -0.2) is 22.1 Å². The number of nitrogens with zero attached hydrogens (tertiary/aromatic N) is 2. The predicted molar refractivity (Wildman–Crippen MR) is 109 cm³/mol. The molecule has 3 aromatic rings. The van der Waals surface area contributed by atoms with E-state index in [0.717, 1.165) is 12.1 Å². The molecular formula is C19H12Cl2F5N5O. The van der Waals surface area contributed by atoms with Crippen LogP contribution in [0.1, 0.15) is 21.6 Å². The zero-order chi connectivity index (χ0) is 23.5. The van der Waals surface area contributed by atoms with E-state index < -0.39 is 29.4 Å². The second kappa shape index (κ2) is 9.53. The zero-order valence-corrected chi connectivity index (χ0v) is 17.2. The standard InChI is InChI=1S/C19H12Cl2F5N5O/c20-11-3-2-10(6-14(11)23)17(32)29-18(27-8-9-1-4-13(22)12(21)5-9)28-16-7-15(30-31-16)19(24,25)26/h1-7H,8H2,(H3,27,28,29,30,31,32). The first-order chi connectivity index (χ1) is 15.0. The van der Waals surface area contributed by atoms with E-state index in [9.17, 15) is 26.7 Å². The fraction of sp³-hybridized carbons (Fsp3) is 0.105. The van der Waals surface area contributed by atoms with Crippen LogP contribution in [0.3, 0.4) is 0 Å². The predicted octanol–water partition coefficient (Wildman–Crippen LogP) is 5.41. The van der Waals surface area contributed by atoms with E-state index in [-0.39, 0.29) is 33.9 Å². The van der Waals surface area contributed by atoms with Crippen molar-refractivity contribution in [2.24, 2.45) is 4.99 Å². The van der Waals surface area contributed by atoms with Crippen molar-refractivity contribution in [3.05, 3.63) is 81.0 Å². The Labute approximate surface area is 187 Å². The molecule has 2 aromatic carbocycles. The molecule has 3 rings (SSSR count). The van der Waals surface area contributed by atoms with Gasteiger partial charge in [-0.05, 0) is 35.9 Å². The van der Waals surface area contributed by atoms with Gasteiger partial charge in [0, 0.05) is 11.6 Å². The van der Waals surface area contributed by atoms with Gasteiger partial charge in [-0.1, -0.05) is 29.3 Å². The lowest BCUT2D eigenvalue weighted by Crippen LogP contribution is -2.36. The van der Waals surface area contributed by atoms with Crippen LogP contribution < -0.4 is 10.6 Å². The van der Waals surface area contributed by atoms with E-state index in [4.69, 9.17) is 23.2 Å².